The molecule has 2 atom stereocenters. The third kappa shape index (κ3) is 2.72. The van der Waals surface area contributed by atoms with E-state index in [1.165, 1.54) is 16.0 Å². The number of carbonyl (C=O) groups excluding carboxylic acids is 2. The highest BCUT2D eigenvalue weighted by Crippen LogP contribution is 2.23. The number of hydrogen-bond donors (Lipinski definition) is 1. The standard InChI is InChI=1S/C17H22N2O2/c1-11(2)19-16(20)10-15(17(19)21)18-14-8-7-12-5-3-4-6-13(12)9-14/h3-6,11,14-15,18H,7-10H2,1-2H3. The second-order valence-electron chi connectivity index (χ2n) is 6.33. The van der Waals surface area contributed by atoms with Crippen molar-refractivity contribution in [1.82, 2.24) is 10.2 Å². The first-order valence-corrected chi connectivity index (χ1v) is 7.75. The summed E-state index contributed by atoms with van der Waals surface area (Å²) in [6.45, 7) is 3.77. The number of fused-ring (bicyclic) bond motifs is 1. The molecule has 2 unspecified atom stereocenters. The van der Waals surface area contributed by atoms with Gasteiger partial charge in [-0.25, -0.2) is 0 Å². The fourth-order valence-electron chi connectivity index (χ4n) is 3.45. The number of nitrogens with one attached hydrogen (secondary N) is 1. The third-order valence-electron chi connectivity index (χ3n) is 4.48. The Bertz CT molecular complexity index is 568. The molecule has 0 spiro atoms. The number of benzene rings is 1. The van der Waals surface area contributed by atoms with Gasteiger partial charge in [-0.3, -0.25) is 14.5 Å². The molecule has 1 heterocycles. The van der Waals surface area contributed by atoms with Gasteiger partial charge in [0.15, 0.2) is 0 Å². The van der Waals surface area contributed by atoms with Crippen molar-refractivity contribution in [1.29, 1.82) is 0 Å². The highest BCUT2D eigenvalue weighted by molar-refractivity contribution is 6.05. The van der Waals surface area contributed by atoms with E-state index < -0.39 is 0 Å². The van der Waals surface area contributed by atoms with Crippen molar-refractivity contribution in [2.45, 2.75) is 57.7 Å². The van der Waals surface area contributed by atoms with Crippen molar-refractivity contribution in [3.8, 4) is 0 Å². The first-order chi connectivity index (χ1) is 10.1. The minimum Gasteiger partial charge on any atom is -0.302 e. The Kier molecular flexibility index (Phi) is 3.81. The van der Waals surface area contributed by atoms with E-state index in [9.17, 15) is 9.59 Å². The lowest BCUT2D eigenvalue weighted by molar-refractivity contribution is -0.140. The number of hydrogen-bond acceptors (Lipinski definition) is 3. The lowest BCUT2D eigenvalue weighted by Gasteiger charge is -2.28. The van der Waals surface area contributed by atoms with E-state index in [4.69, 9.17) is 0 Å². The van der Waals surface area contributed by atoms with Crippen molar-refractivity contribution in [3.05, 3.63) is 35.4 Å². The van der Waals surface area contributed by atoms with Crippen molar-refractivity contribution < 1.29 is 9.59 Å². The number of imide groups is 1. The van der Waals surface area contributed by atoms with Crippen LogP contribution in [0.15, 0.2) is 24.3 Å². The lowest BCUT2D eigenvalue weighted by atomic mass is 9.88. The average molecular weight is 286 g/mol. The van der Waals surface area contributed by atoms with Crippen molar-refractivity contribution in [3.63, 3.8) is 0 Å². The molecule has 0 bridgehead atoms. The van der Waals surface area contributed by atoms with Gasteiger partial charge in [-0.1, -0.05) is 24.3 Å². The van der Waals surface area contributed by atoms with Crippen LogP contribution in [-0.2, 0) is 22.4 Å². The Morgan fingerprint density at radius 3 is 2.52 bits per heavy atom. The van der Waals surface area contributed by atoms with Gasteiger partial charge in [0.1, 0.15) is 0 Å². The van der Waals surface area contributed by atoms with Crippen LogP contribution in [0, 0.1) is 0 Å². The molecule has 4 heteroatoms. The third-order valence-corrected chi connectivity index (χ3v) is 4.48. The molecule has 1 aliphatic carbocycles. The fraction of sp³-hybridized carbons (Fsp3) is 0.529. The number of rotatable bonds is 3. The van der Waals surface area contributed by atoms with E-state index in [1.807, 2.05) is 13.8 Å². The summed E-state index contributed by atoms with van der Waals surface area (Å²) in [7, 11) is 0. The van der Waals surface area contributed by atoms with Crippen LogP contribution >= 0.6 is 0 Å². The summed E-state index contributed by atoms with van der Waals surface area (Å²) in [4.78, 5) is 25.7. The van der Waals surface area contributed by atoms with Crippen LogP contribution in [0.25, 0.3) is 0 Å². The van der Waals surface area contributed by atoms with Gasteiger partial charge in [-0.15, -0.1) is 0 Å². The highest BCUT2D eigenvalue weighted by atomic mass is 16.2. The van der Waals surface area contributed by atoms with Crippen LogP contribution in [0.5, 0.6) is 0 Å². The molecule has 0 aromatic heterocycles. The zero-order valence-electron chi connectivity index (χ0n) is 12.6. The molecule has 4 nitrogen and oxygen atoms in total. The van der Waals surface area contributed by atoms with Crippen LogP contribution in [0.1, 0.15) is 37.8 Å². The summed E-state index contributed by atoms with van der Waals surface area (Å²) >= 11 is 0. The summed E-state index contributed by atoms with van der Waals surface area (Å²) in [6.07, 6.45) is 3.30. The van der Waals surface area contributed by atoms with Crippen LogP contribution in [-0.4, -0.2) is 34.8 Å². The number of likely N-dealkylation sites (tertiary alicyclic amines) is 1. The van der Waals surface area contributed by atoms with Crippen LogP contribution in [0.2, 0.25) is 0 Å². The molecule has 0 radical (unpaired) electrons. The minimum absolute atomic E-state index is 0.0520. The van der Waals surface area contributed by atoms with Gasteiger partial charge in [0.05, 0.1) is 12.5 Å². The summed E-state index contributed by atoms with van der Waals surface area (Å²) in [5, 5.41) is 3.41. The molecule has 112 valence electrons. The number of amides is 2. The van der Waals surface area contributed by atoms with Gasteiger partial charge >= 0.3 is 0 Å². The molecular weight excluding hydrogens is 264 g/mol. The zero-order chi connectivity index (χ0) is 15.0. The Hall–Kier alpha value is -1.68. The fourth-order valence-corrected chi connectivity index (χ4v) is 3.45. The number of aryl methyl sites for hydroxylation is 1. The molecule has 1 N–H and O–H groups in total. The van der Waals surface area contributed by atoms with E-state index in [1.54, 1.807) is 0 Å². The topological polar surface area (TPSA) is 49.4 Å². The van der Waals surface area contributed by atoms with E-state index in [0.717, 1.165) is 19.3 Å². The molecule has 1 fully saturated rings. The number of carbonyl (C=O) groups is 2. The van der Waals surface area contributed by atoms with Crippen molar-refractivity contribution in [2.75, 3.05) is 0 Å². The van der Waals surface area contributed by atoms with Crippen LogP contribution in [0.4, 0.5) is 0 Å². The normalized spacial score (nSPS) is 25.6. The van der Waals surface area contributed by atoms with Crippen molar-refractivity contribution in [2.24, 2.45) is 0 Å². The van der Waals surface area contributed by atoms with Gasteiger partial charge < -0.3 is 5.32 Å². The number of nitrogens with zero attached hydrogens (tertiary/aromatic N) is 1. The van der Waals surface area contributed by atoms with Gasteiger partial charge in [0.25, 0.3) is 0 Å². The highest BCUT2D eigenvalue weighted by Gasteiger charge is 2.40. The predicted molar refractivity (Wildman–Crippen MR) is 80.8 cm³/mol. The smallest absolute Gasteiger partial charge is 0.247 e. The molecule has 1 saturated heterocycles. The second kappa shape index (κ2) is 5.60. The SMILES string of the molecule is CC(C)N1C(=O)CC(NC2CCc3ccccc3C2)C1=O. The molecule has 1 aromatic carbocycles. The molecule has 3 rings (SSSR count). The molecule has 1 aromatic rings. The summed E-state index contributed by atoms with van der Waals surface area (Å²) < 4.78 is 0. The molecule has 0 saturated carbocycles. The Morgan fingerprint density at radius 1 is 1.14 bits per heavy atom. The van der Waals surface area contributed by atoms with E-state index >= 15 is 0 Å². The first kappa shape index (κ1) is 14.3. The first-order valence-electron chi connectivity index (χ1n) is 7.75. The van der Waals surface area contributed by atoms with Gasteiger partial charge in [0, 0.05) is 12.1 Å². The molecule has 21 heavy (non-hydrogen) atoms. The Labute approximate surface area is 125 Å². The maximum Gasteiger partial charge on any atom is 0.247 e. The summed E-state index contributed by atoms with van der Waals surface area (Å²) in [6, 6.07) is 8.37. The Balaban J connectivity index is 1.66. The van der Waals surface area contributed by atoms with E-state index in [-0.39, 0.29) is 29.9 Å². The Morgan fingerprint density at radius 2 is 1.86 bits per heavy atom. The quantitative estimate of drug-likeness (QED) is 0.860. The maximum atomic E-state index is 12.3. The summed E-state index contributed by atoms with van der Waals surface area (Å²) in [5.41, 5.74) is 2.77. The van der Waals surface area contributed by atoms with E-state index in [0.29, 0.717) is 6.42 Å². The second-order valence-corrected chi connectivity index (χ2v) is 6.33. The molecular formula is C17H22N2O2. The van der Waals surface area contributed by atoms with E-state index in [2.05, 4.69) is 29.6 Å². The predicted octanol–water partition coefficient (Wildman–Crippen LogP) is 1.67. The molecule has 2 amide bonds. The van der Waals surface area contributed by atoms with Crippen LogP contribution in [0.3, 0.4) is 0 Å². The largest absolute Gasteiger partial charge is 0.302 e. The summed E-state index contributed by atoms with van der Waals surface area (Å²) in [5.74, 6) is -0.113. The monoisotopic (exact) mass is 286 g/mol. The lowest BCUT2D eigenvalue weighted by Crippen LogP contribution is -2.47. The van der Waals surface area contributed by atoms with Gasteiger partial charge in [-0.05, 0) is 44.2 Å². The molecule has 2 aliphatic rings. The zero-order valence-corrected chi connectivity index (χ0v) is 12.6. The van der Waals surface area contributed by atoms with Gasteiger partial charge in [-0.2, -0.15) is 0 Å². The van der Waals surface area contributed by atoms with Crippen LogP contribution < -0.4 is 5.32 Å². The average Bonchev–Trinajstić information content (AvgIpc) is 2.73. The van der Waals surface area contributed by atoms with Crippen molar-refractivity contribution >= 4 is 11.8 Å². The maximum absolute atomic E-state index is 12.3. The van der Waals surface area contributed by atoms with Gasteiger partial charge in [0.2, 0.25) is 11.8 Å². The minimum atomic E-state index is -0.338. The molecule has 1 aliphatic heterocycles.